The molecule has 8 heteroatoms. The highest BCUT2D eigenvalue weighted by molar-refractivity contribution is 7.88. The minimum atomic E-state index is -3.13. The maximum Gasteiger partial charge on any atom is 0.257 e. The normalized spacial score (nSPS) is 15.8. The summed E-state index contributed by atoms with van der Waals surface area (Å²) in [6.07, 6.45) is 2.70. The molecule has 2 aromatic carbocycles. The molecule has 0 bridgehead atoms. The number of carbonyl (C=O) groups excluding carboxylic acids is 1. The molecule has 0 saturated carbocycles. The first-order valence-corrected chi connectivity index (χ1v) is 11.7. The van der Waals surface area contributed by atoms with Gasteiger partial charge in [0.25, 0.3) is 5.91 Å². The summed E-state index contributed by atoms with van der Waals surface area (Å²) in [5, 5.41) is 3.31. The molecule has 1 aliphatic rings. The highest BCUT2D eigenvalue weighted by atomic mass is 35.5. The van der Waals surface area contributed by atoms with E-state index in [1.165, 1.54) is 10.6 Å². The van der Waals surface area contributed by atoms with E-state index in [4.69, 9.17) is 16.3 Å². The Bertz CT molecular complexity index is 942. The van der Waals surface area contributed by atoms with Crippen molar-refractivity contribution in [2.24, 2.45) is 5.92 Å². The van der Waals surface area contributed by atoms with Crippen LogP contribution in [0.15, 0.2) is 48.5 Å². The molecular formula is C21H25ClN2O4S. The quantitative estimate of drug-likeness (QED) is 0.723. The maximum absolute atomic E-state index is 12.1. The highest BCUT2D eigenvalue weighted by Crippen LogP contribution is 2.30. The first-order chi connectivity index (χ1) is 13.8. The van der Waals surface area contributed by atoms with E-state index in [1.807, 2.05) is 42.5 Å². The fraction of sp³-hybridized carbons (Fsp3) is 0.381. The van der Waals surface area contributed by atoms with E-state index in [1.54, 1.807) is 6.07 Å². The Morgan fingerprint density at radius 1 is 1.14 bits per heavy atom. The Kier molecular flexibility index (Phi) is 7.16. The van der Waals surface area contributed by atoms with Gasteiger partial charge in [-0.15, -0.1) is 0 Å². The van der Waals surface area contributed by atoms with Gasteiger partial charge in [-0.05, 0) is 42.0 Å². The van der Waals surface area contributed by atoms with E-state index in [9.17, 15) is 13.2 Å². The molecule has 1 fully saturated rings. The van der Waals surface area contributed by atoms with Gasteiger partial charge in [0, 0.05) is 19.6 Å². The number of sulfonamides is 1. The van der Waals surface area contributed by atoms with Gasteiger partial charge in [-0.2, -0.15) is 0 Å². The number of ether oxygens (including phenoxy) is 1. The third kappa shape index (κ3) is 6.19. The van der Waals surface area contributed by atoms with Crippen LogP contribution in [0.4, 0.5) is 0 Å². The molecule has 3 rings (SSSR count). The second kappa shape index (κ2) is 9.61. The SMILES string of the molecule is CS(=O)(=O)N1CCC(CNC(=O)COc2ccc(-c3ccccc3)cc2Cl)CC1. The Balaban J connectivity index is 1.44. The van der Waals surface area contributed by atoms with Crippen LogP contribution in [0.2, 0.25) is 5.02 Å². The van der Waals surface area contributed by atoms with Crippen molar-refractivity contribution in [3.63, 3.8) is 0 Å². The summed E-state index contributed by atoms with van der Waals surface area (Å²) in [4.78, 5) is 12.1. The largest absolute Gasteiger partial charge is 0.482 e. The van der Waals surface area contributed by atoms with Gasteiger partial charge < -0.3 is 10.1 Å². The van der Waals surface area contributed by atoms with Crippen molar-refractivity contribution in [2.75, 3.05) is 32.5 Å². The molecular weight excluding hydrogens is 412 g/mol. The average molecular weight is 437 g/mol. The number of carbonyl (C=O) groups is 1. The zero-order valence-corrected chi connectivity index (χ0v) is 17.9. The summed E-state index contributed by atoms with van der Waals surface area (Å²) >= 11 is 6.30. The van der Waals surface area contributed by atoms with Crippen molar-refractivity contribution in [3.8, 4) is 16.9 Å². The number of nitrogens with one attached hydrogen (secondary N) is 1. The van der Waals surface area contributed by atoms with E-state index in [0.29, 0.717) is 30.4 Å². The van der Waals surface area contributed by atoms with E-state index in [0.717, 1.165) is 24.0 Å². The van der Waals surface area contributed by atoms with Crippen LogP contribution in [-0.4, -0.2) is 51.1 Å². The lowest BCUT2D eigenvalue weighted by molar-refractivity contribution is -0.123. The number of rotatable bonds is 7. The van der Waals surface area contributed by atoms with Crippen LogP contribution in [0, 0.1) is 5.92 Å². The number of hydrogen-bond acceptors (Lipinski definition) is 4. The van der Waals surface area contributed by atoms with Gasteiger partial charge in [0.2, 0.25) is 10.0 Å². The summed E-state index contributed by atoms with van der Waals surface area (Å²) < 4.78 is 30.1. The zero-order valence-electron chi connectivity index (χ0n) is 16.3. The molecule has 0 unspecified atom stereocenters. The van der Waals surface area contributed by atoms with Crippen molar-refractivity contribution in [3.05, 3.63) is 53.6 Å². The topological polar surface area (TPSA) is 75.7 Å². The molecule has 6 nitrogen and oxygen atoms in total. The second-order valence-corrected chi connectivity index (χ2v) is 9.60. The van der Waals surface area contributed by atoms with E-state index < -0.39 is 10.0 Å². The number of halogens is 1. The Hall–Kier alpha value is -2.09. The molecule has 156 valence electrons. The van der Waals surface area contributed by atoms with Crippen LogP contribution in [0.25, 0.3) is 11.1 Å². The average Bonchev–Trinajstić information content (AvgIpc) is 2.71. The maximum atomic E-state index is 12.1. The van der Waals surface area contributed by atoms with Crippen LogP contribution in [0.1, 0.15) is 12.8 Å². The van der Waals surface area contributed by atoms with Crippen molar-refractivity contribution < 1.29 is 17.9 Å². The smallest absolute Gasteiger partial charge is 0.257 e. The standard InChI is InChI=1S/C21H25ClN2O4S/c1-29(26,27)24-11-9-16(10-12-24)14-23-21(25)15-28-20-8-7-18(13-19(20)22)17-5-3-2-4-6-17/h2-8,13,16H,9-12,14-15H2,1H3,(H,23,25). The number of benzene rings is 2. The van der Waals surface area contributed by atoms with Gasteiger partial charge in [0.15, 0.2) is 6.61 Å². The molecule has 0 aliphatic carbocycles. The number of amides is 1. The Labute approximate surface area is 176 Å². The molecule has 1 saturated heterocycles. The fourth-order valence-electron chi connectivity index (χ4n) is 3.33. The number of hydrogen-bond donors (Lipinski definition) is 1. The first kappa shape index (κ1) is 21.6. The lowest BCUT2D eigenvalue weighted by Gasteiger charge is -2.30. The molecule has 0 spiro atoms. The molecule has 0 radical (unpaired) electrons. The van der Waals surface area contributed by atoms with E-state index in [-0.39, 0.29) is 18.4 Å². The number of nitrogens with zero attached hydrogens (tertiary/aromatic N) is 1. The van der Waals surface area contributed by atoms with Gasteiger partial charge in [-0.25, -0.2) is 12.7 Å². The van der Waals surface area contributed by atoms with Gasteiger partial charge in [0.05, 0.1) is 11.3 Å². The first-order valence-electron chi connectivity index (χ1n) is 9.52. The van der Waals surface area contributed by atoms with Crippen LogP contribution >= 0.6 is 11.6 Å². The molecule has 1 heterocycles. The van der Waals surface area contributed by atoms with Crippen molar-refractivity contribution in [2.45, 2.75) is 12.8 Å². The third-order valence-corrected chi connectivity index (χ3v) is 6.63. The summed E-state index contributed by atoms with van der Waals surface area (Å²) in [5.41, 5.74) is 2.04. The highest BCUT2D eigenvalue weighted by Gasteiger charge is 2.25. The minimum absolute atomic E-state index is 0.118. The fourth-order valence-corrected chi connectivity index (χ4v) is 4.43. The minimum Gasteiger partial charge on any atom is -0.482 e. The van der Waals surface area contributed by atoms with Gasteiger partial charge in [-0.1, -0.05) is 48.0 Å². The number of piperidine rings is 1. The molecule has 2 aromatic rings. The molecule has 0 atom stereocenters. The van der Waals surface area contributed by atoms with Crippen LogP contribution in [-0.2, 0) is 14.8 Å². The van der Waals surface area contributed by atoms with E-state index >= 15 is 0 Å². The summed E-state index contributed by atoms with van der Waals surface area (Å²) in [6, 6.07) is 15.4. The summed E-state index contributed by atoms with van der Waals surface area (Å²) in [5.74, 6) is 0.507. The van der Waals surface area contributed by atoms with Gasteiger partial charge >= 0.3 is 0 Å². The Morgan fingerprint density at radius 3 is 2.45 bits per heavy atom. The summed E-state index contributed by atoms with van der Waals surface area (Å²) in [7, 11) is -3.13. The molecule has 1 amide bonds. The zero-order chi connectivity index (χ0) is 20.9. The van der Waals surface area contributed by atoms with Crippen LogP contribution in [0.3, 0.4) is 0 Å². The van der Waals surface area contributed by atoms with E-state index in [2.05, 4.69) is 5.32 Å². The van der Waals surface area contributed by atoms with Crippen LogP contribution < -0.4 is 10.1 Å². The lowest BCUT2D eigenvalue weighted by atomic mass is 9.98. The van der Waals surface area contributed by atoms with Gasteiger partial charge in [0.1, 0.15) is 5.75 Å². The molecule has 1 N–H and O–H groups in total. The van der Waals surface area contributed by atoms with Crippen LogP contribution in [0.5, 0.6) is 5.75 Å². The summed E-state index contributed by atoms with van der Waals surface area (Å²) in [6.45, 7) is 1.39. The van der Waals surface area contributed by atoms with Crippen molar-refractivity contribution in [1.29, 1.82) is 0 Å². The van der Waals surface area contributed by atoms with Crippen molar-refractivity contribution >= 4 is 27.5 Å². The van der Waals surface area contributed by atoms with Gasteiger partial charge in [-0.3, -0.25) is 4.79 Å². The molecule has 1 aliphatic heterocycles. The Morgan fingerprint density at radius 2 is 1.83 bits per heavy atom. The predicted octanol–water partition coefficient (Wildman–Crippen LogP) is 3.17. The second-order valence-electron chi connectivity index (χ2n) is 7.21. The molecule has 29 heavy (non-hydrogen) atoms. The lowest BCUT2D eigenvalue weighted by Crippen LogP contribution is -2.41. The third-order valence-electron chi connectivity index (χ3n) is 5.03. The monoisotopic (exact) mass is 436 g/mol. The molecule has 0 aromatic heterocycles. The van der Waals surface area contributed by atoms with Crippen molar-refractivity contribution in [1.82, 2.24) is 9.62 Å². The predicted molar refractivity (Wildman–Crippen MR) is 115 cm³/mol.